The van der Waals surface area contributed by atoms with Crippen molar-refractivity contribution >= 4 is 23.9 Å². The van der Waals surface area contributed by atoms with Crippen LogP contribution in [0.1, 0.15) is 26.3 Å². The molecule has 0 saturated carbocycles. The van der Waals surface area contributed by atoms with Crippen LogP contribution in [-0.2, 0) is 9.53 Å². The molecule has 26 heavy (non-hydrogen) atoms. The summed E-state index contributed by atoms with van der Waals surface area (Å²) in [6, 6.07) is 13.8. The summed E-state index contributed by atoms with van der Waals surface area (Å²) in [5.74, 6) is -0.405. The number of esters is 1. The number of fused-ring (bicyclic) bond motifs is 1. The van der Waals surface area contributed by atoms with Gasteiger partial charge in [-0.25, -0.2) is 4.79 Å². The molecule has 1 aliphatic heterocycles. The highest BCUT2D eigenvalue weighted by atomic mass is 16.5. The van der Waals surface area contributed by atoms with Crippen LogP contribution in [0.2, 0.25) is 0 Å². The zero-order valence-electron chi connectivity index (χ0n) is 14.2. The van der Waals surface area contributed by atoms with E-state index < -0.39 is 5.97 Å². The van der Waals surface area contributed by atoms with E-state index in [1.54, 1.807) is 54.6 Å². The Morgan fingerprint density at radius 1 is 1.00 bits per heavy atom. The molecule has 1 heterocycles. The topological polar surface area (TPSA) is 72.9 Å². The van der Waals surface area contributed by atoms with Crippen molar-refractivity contribution < 1.29 is 23.9 Å². The second-order valence-corrected chi connectivity index (χ2v) is 5.58. The van der Waals surface area contributed by atoms with Gasteiger partial charge < -0.3 is 9.47 Å². The maximum atomic E-state index is 12.3. The summed E-state index contributed by atoms with van der Waals surface area (Å²) in [7, 11) is 1.32. The number of hydrogen-bond acceptors (Lipinski definition) is 5. The summed E-state index contributed by atoms with van der Waals surface area (Å²) in [5.41, 5.74) is 1.68. The first-order chi connectivity index (χ1) is 12.6. The Bertz CT molecular complexity index is 835. The molecule has 3 rings (SSSR count). The van der Waals surface area contributed by atoms with Crippen molar-refractivity contribution in [3.63, 3.8) is 0 Å². The number of ether oxygens (including phenoxy) is 2. The van der Waals surface area contributed by atoms with Gasteiger partial charge in [-0.05, 0) is 35.9 Å². The number of carbonyl (C=O) groups excluding carboxylic acids is 3. The van der Waals surface area contributed by atoms with E-state index in [0.29, 0.717) is 16.9 Å². The zero-order valence-corrected chi connectivity index (χ0v) is 14.2. The minimum atomic E-state index is -0.425. The van der Waals surface area contributed by atoms with E-state index in [0.717, 1.165) is 5.56 Å². The van der Waals surface area contributed by atoms with E-state index in [2.05, 4.69) is 4.74 Å². The van der Waals surface area contributed by atoms with Crippen molar-refractivity contribution in [1.29, 1.82) is 0 Å². The number of benzene rings is 2. The van der Waals surface area contributed by atoms with E-state index in [-0.39, 0.29) is 25.0 Å². The Morgan fingerprint density at radius 3 is 2.19 bits per heavy atom. The van der Waals surface area contributed by atoms with Gasteiger partial charge in [-0.3, -0.25) is 14.5 Å². The molecule has 6 heteroatoms. The Kier molecular flexibility index (Phi) is 5.12. The Hall–Kier alpha value is -3.41. The fourth-order valence-corrected chi connectivity index (χ4v) is 2.60. The standard InChI is InChI=1S/C20H17NO5/c1-25-18(22)11-8-14-6-9-15(10-7-14)26-13-12-21-19(23)16-4-2-3-5-17(16)20(21)24/h2-11H,12-13H2,1H3/b11-8+. The van der Waals surface area contributed by atoms with Crippen LogP contribution >= 0.6 is 0 Å². The molecule has 0 radical (unpaired) electrons. The quantitative estimate of drug-likeness (QED) is 0.454. The largest absolute Gasteiger partial charge is 0.492 e. The maximum absolute atomic E-state index is 12.3. The molecule has 2 aromatic carbocycles. The lowest BCUT2D eigenvalue weighted by molar-refractivity contribution is -0.134. The average molecular weight is 351 g/mol. The van der Waals surface area contributed by atoms with Crippen LogP contribution in [0.15, 0.2) is 54.6 Å². The van der Waals surface area contributed by atoms with Crippen molar-refractivity contribution in [1.82, 2.24) is 4.90 Å². The van der Waals surface area contributed by atoms with Crippen LogP contribution in [0, 0.1) is 0 Å². The van der Waals surface area contributed by atoms with Crippen LogP contribution in [-0.4, -0.2) is 42.9 Å². The Labute approximate surface area is 150 Å². The predicted molar refractivity (Wildman–Crippen MR) is 94.8 cm³/mol. The summed E-state index contributed by atoms with van der Waals surface area (Å²) in [6.07, 6.45) is 2.96. The Balaban J connectivity index is 1.54. The number of nitrogens with zero attached hydrogens (tertiary/aromatic N) is 1. The van der Waals surface area contributed by atoms with Crippen LogP contribution in [0.25, 0.3) is 6.08 Å². The summed E-state index contributed by atoms with van der Waals surface area (Å²) in [5, 5.41) is 0. The van der Waals surface area contributed by atoms with Gasteiger partial charge in [0.2, 0.25) is 0 Å². The normalized spacial score (nSPS) is 13.2. The molecule has 2 aromatic rings. The van der Waals surface area contributed by atoms with E-state index in [1.807, 2.05) is 0 Å². The van der Waals surface area contributed by atoms with Crippen LogP contribution in [0.5, 0.6) is 5.75 Å². The summed E-state index contributed by atoms with van der Waals surface area (Å²) in [6.45, 7) is 0.374. The number of carbonyl (C=O) groups is 3. The molecule has 0 unspecified atom stereocenters. The van der Waals surface area contributed by atoms with Gasteiger partial charge in [0.15, 0.2) is 0 Å². The first kappa shape index (κ1) is 17.4. The third kappa shape index (κ3) is 3.64. The molecule has 1 aliphatic rings. The monoisotopic (exact) mass is 351 g/mol. The highest BCUT2D eigenvalue weighted by Crippen LogP contribution is 2.22. The molecule has 2 amide bonds. The van der Waals surface area contributed by atoms with Crippen LogP contribution in [0.3, 0.4) is 0 Å². The lowest BCUT2D eigenvalue weighted by Crippen LogP contribution is -2.33. The molecule has 0 spiro atoms. The van der Waals surface area contributed by atoms with Crippen molar-refractivity contribution in [3.05, 3.63) is 71.3 Å². The van der Waals surface area contributed by atoms with Gasteiger partial charge in [-0.2, -0.15) is 0 Å². The maximum Gasteiger partial charge on any atom is 0.330 e. The van der Waals surface area contributed by atoms with Crippen molar-refractivity contribution in [2.75, 3.05) is 20.3 Å². The van der Waals surface area contributed by atoms with Crippen molar-refractivity contribution in [2.45, 2.75) is 0 Å². The van der Waals surface area contributed by atoms with Gasteiger partial charge in [0.05, 0.1) is 24.8 Å². The number of hydrogen-bond donors (Lipinski definition) is 0. The number of methoxy groups -OCH3 is 1. The summed E-state index contributed by atoms with van der Waals surface area (Å²) in [4.78, 5) is 36.8. The van der Waals surface area contributed by atoms with Gasteiger partial charge in [-0.15, -0.1) is 0 Å². The zero-order chi connectivity index (χ0) is 18.5. The number of imide groups is 1. The Morgan fingerprint density at radius 2 is 1.62 bits per heavy atom. The van der Waals surface area contributed by atoms with Gasteiger partial charge in [0, 0.05) is 6.08 Å². The summed E-state index contributed by atoms with van der Waals surface area (Å²) < 4.78 is 10.1. The molecule has 0 atom stereocenters. The van der Waals surface area contributed by atoms with Crippen molar-refractivity contribution in [2.24, 2.45) is 0 Å². The highest BCUT2D eigenvalue weighted by molar-refractivity contribution is 6.21. The molecule has 0 aliphatic carbocycles. The third-order valence-corrected chi connectivity index (χ3v) is 3.95. The average Bonchev–Trinajstić information content (AvgIpc) is 2.92. The van der Waals surface area contributed by atoms with Gasteiger partial charge in [-0.1, -0.05) is 24.3 Å². The second kappa shape index (κ2) is 7.65. The van der Waals surface area contributed by atoms with E-state index >= 15 is 0 Å². The van der Waals surface area contributed by atoms with Crippen LogP contribution in [0.4, 0.5) is 0 Å². The van der Waals surface area contributed by atoms with Gasteiger partial charge in [0.1, 0.15) is 12.4 Å². The molecule has 0 saturated heterocycles. The number of amides is 2. The molecule has 6 nitrogen and oxygen atoms in total. The van der Waals surface area contributed by atoms with Crippen molar-refractivity contribution in [3.8, 4) is 5.75 Å². The van der Waals surface area contributed by atoms with E-state index in [4.69, 9.17) is 4.74 Å². The predicted octanol–water partition coefficient (Wildman–Crippen LogP) is 2.55. The summed E-state index contributed by atoms with van der Waals surface area (Å²) >= 11 is 0. The van der Waals surface area contributed by atoms with E-state index in [1.165, 1.54) is 18.1 Å². The van der Waals surface area contributed by atoms with Gasteiger partial charge >= 0.3 is 5.97 Å². The number of rotatable bonds is 6. The van der Waals surface area contributed by atoms with E-state index in [9.17, 15) is 14.4 Å². The fraction of sp³-hybridized carbons (Fsp3) is 0.150. The smallest absolute Gasteiger partial charge is 0.330 e. The molecule has 0 N–H and O–H groups in total. The second-order valence-electron chi connectivity index (χ2n) is 5.58. The SMILES string of the molecule is COC(=O)/C=C/c1ccc(OCCN2C(=O)c3ccccc3C2=O)cc1. The minimum Gasteiger partial charge on any atom is -0.492 e. The third-order valence-electron chi connectivity index (χ3n) is 3.95. The molecular weight excluding hydrogens is 334 g/mol. The molecule has 0 aromatic heterocycles. The highest BCUT2D eigenvalue weighted by Gasteiger charge is 2.34. The fourth-order valence-electron chi connectivity index (χ4n) is 2.60. The molecular formula is C20H17NO5. The lowest BCUT2D eigenvalue weighted by Gasteiger charge is -2.14. The molecule has 0 bridgehead atoms. The first-order valence-electron chi connectivity index (χ1n) is 8.04. The lowest BCUT2D eigenvalue weighted by atomic mass is 10.1. The minimum absolute atomic E-state index is 0.177. The first-order valence-corrected chi connectivity index (χ1v) is 8.04. The van der Waals surface area contributed by atoms with Crippen LogP contribution < -0.4 is 4.74 Å². The molecule has 132 valence electrons. The molecule has 0 fully saturated rings. The van der Waals surface area contributed by atoms with Gasteiger partial charge in [0.25, 0.3) is 11.8 Å².